The van der Waals surface area contributed by atoms with E-state index in [0.29, 0.717) is 37.9 Å². The Morgan fingerprint density at radius 1 is 1.18 bits per heavy atom. The topological polar surface area (TPSA) is 115 Å². The molecule has 3 heterocycles. The van der Waals surface area contributed by atoms with E-state index >= 15 is 0 Å². The van der Waals surface area contributed by atoms with Crippen LogP contribution in [0.4, 0.5) is 13.2 Å². The molecule has 1 aromatic heterocycles. The molecule has 9 nitrogen and oxygen atoms in total. The molecule has 4 rings (SSSR count). The van der Waals surface area contributed by atoms with Crippen molar-refractivity contribution in [3.8, 4) is 5.75 Å². The zero-order valence-corrected chi connectivity index (χ0v) is 18.2. The Bertz CT molecular complexity index is 1190. The number of aromatic nitrogens is 1. The average Bonchev–Trinajstić information content (AvgIpc) is 2.96. The molecule has 34 heavy (non-hydrogen) atoms. The van der Waals surface area contributed by atoms with E-state index in [0.717, 1.165) is 6.20 Å². The third-order valence-corrected chi connectivity index (χ3v) is 6.12. The Kier molecular flexibility index (Phi) is 6.26. The van der Waals surface area contributed by atoms with Crippen LogP contribution in [0.15, 0.2) is 23.1 Å². The molecule has 2 aliphatic rings. The summed E-state index contributed by atoms with van der Waals surface area (Å²) in [5.74, 6) is -6.16. The highest BCUT2D eigenvalue weighted by molar-refractivity contribution is 5.99. The first-order chi connectivity index (χ1) is 16.1. The summed E-state index contributed by atoms with van der Waals surface area (Å²) in [7, 11) is 0. The molecule has 2 atom stereocenters. The summed E-state index contributed by atoms with van der Waals surface area (Å²) in [6.07, 6.45) is 1.50. The highest BCUT2D eigenvalue weighted by Gasteiger charge is 2.41. The van der Waals surface area contributed by atoms with Crippen molar-refractivity contribution >= 4 is 11.8 Å². The highest BCUT2D eigenvalue weighted by Crippen LogP contribution is 2.29. The molecule has 0 saturated carbocycles. The number of carbonyl (C=O) groups is 2. The van der Waals surface area contributed by atoms with Gasteiger partial charge in [-0.05, 0) is 26.2 Å². The number of halogens is 3. The first kappa shape index (κ1) is 23.6. The van der Waals surface area contributed by atoms with Crippen molar-refractivity contribution in [1.82, 2.24) is 14.9 Å². The smallest absolute Gasteiger partial charge is 0.278 e. The van der Waals surface area contributed by atoms with Crippen LogP contribution < -0.4 is 15.8 Å². The molecule has 12 heteroatoms. The van der Waals surface area contributed by atoms with Gasteiger partial charge in [0.1, 0.15) is 29.2 Å². The molecule has 0 aliphatic carbocycles. The molecule has 3 N–H and O–H groups in total. The zero-order chi connectivity index (χ0) is 24.7. The van der Waals surface area contributed by atoms with E-state index in [1.54, 1.807) is 11.9 Å². The minimum atomic E-state index is -1.21. The Labute approximate surface area is 192 Å². The second-order valence-corrected chi connectivity index (χ2v) is 8.22. The molecular formula is C22H23F3N4O5. The fourth-order valence-corrected chi connectivity index (χ4v) is 4.45. The molecule has 182 valence electrons. The molecule has 0 spiro atoms. The van der Waals surface area contributed by atoms with Gasteiger partial charge in [0.25, 0.3) is 11.8 Å². The summed E-state index contributed by atoms with van der Waals surface area (Å²) in [6, 6.07) is 0.917. The van der Waals surface area contributed by atoms with Crippen LogP contribution in [0, 0.1) is 17.5 Å². The average molecular weight is 480 g/mol. The molecule has 1 saturated heterocycles. The molecule has 2 aromatic rings. The SMILES string of the molecule is CCN1C(=O)c2c(O)c(=O)c(C(=O)NCc3c(F)cc(F)cc3F)cn2N2C[C@@H](O)CCC[C@@H]12. The fraction of sp³-hybridized carbons (Fsp3) is 0.409. The number of nitrogens with one attached hydrogen (secondary N) is 1. The number of rotatable bonds is 4. The normalized spacial score (nSPS) is 20.0. The summed E-state index contributed by atoms with van der Waals surface area (Å²) < 4.78 is 42.1. The van der Waals surface area contributed by atoms with Crippen molar-refractivity contribution in [3.63, 3.8) is 0 Å². The van der Waals surface area contributed by atoms with Crippen LogP contribution in [0.2, 0.25) is 0 Å². The number of aromatic hydroxyl groups is 1. The van der Waals surface area contributed by atoms with Gasteiger partial charge in [-0.15, -0.1) is 0 Å². The van der Waals surface area contributed by atoms with Gasteiger partial charge in [0.2, 0.25) is 5.43 Å². The monoisotopic (exact) mass is 480 g/mol. The van der Waals surface area contributed by atoms with E-state index in [-0.39, 0.29) is 12.2 Å². The standard InChI is InChI=1S/C22H23F3N4O5/c1-2-27-17-5-3-4-12(30)9-28(17)29-10-14(19(31)20(32)18(29)22(27)34)21(33)26-8-13-15(24)6-11(23)7-16(13)25/h6-7,10,12,17,30,32H,2-5,8-9H2,1H3,(H,26,33)/t12-,17-/m0/s1. The molecule has 1 aromatic carbocycles. The van der Waals surface area contributed by atoms with E-state index in [9.17, 15) is 37.8 Å². The van der Waals surface area contributed by atoms with Crippen LogP contribution in [0.5, 0.6) is 5.75 Å². The van der Waals surface area contributed by atoms with E-state index in [4.69, 9.17) is 0 Å². The number of pyridine rings is 1. The lowest BCUT2D eigenvalue weighted by molar-refractivity contribution is 0.0559. The van der Waals surface area contributed by atoms with Gasteiger partial charge < -0.3 is 20.4 Å². The number of nitrogens with zero attached hydrogens (tertiary/aromatic N) is 3. The lowest BCUT2D eigenvalue weighted by atomic mass is 10.1. The number of amides is 2. The third kappa shape index (κ3) is 3.98. The van der Waals surface area contributed by atoms with Gasteiger partial charge in [-0.25, -0.2) is 13.2 Å². The quantitative estimate of drug-likeness (QED) is 0.606. The predicted molar refractivity (Wildman–Crippen MR) is 113 cm³/mol. The van der Waals surface area contributed by atoms with Crippen LogP contribution in [0.1, 0.15) is 52.6 Å². The first-order valence-electron chi connectivity index (χ1n) is 10.8. The second-order valence-electron chi connectivity index (χ2n) is 8.22. The second kappa shape index (κ2) is 9.01. The Morgan fingerprint density at radius 3 is 2.50 bits per heavy atom. The maximum Gasteiger partial charge on any atom is 0.278 e. The van der Waals surface area contributed by atoms with E-state index < -0.39 is 70.4 Å². The minimum Gasteiger partial charge on any atom is -0.502 e. The van der Waals surface area contributed by atoms with Crippen LogP contribution in [-0.4, -0.2) is 57.0 Å². The number of fused-ring (bicyclic) bond motifs is 3. The van der Waals surface area contributed by atoms with Crippen molar-refractivity contribution < 1.29 is 33.0 Å². The van der Waals surface area contributed by atoms with E-state index in [1.807, 2.05) is 0 Å². The third-order valence-electron chi connectivity index (χ3n) is 6.12. The van der Waals surface area contributed by atoms with Crippen LogP contribution in [0.3, 0.4) is 0 Å². The summed E-state index contributed by atoms with van der Waals surface area (Å²) >= 11 is 0. The predicted octanol–water partition coefficient (Wildman–Crippen LogP) is 1.19. The van der Waals surface area contributed by atoms with Crippen molar-refractivity contribution in [3.05, 3.63) is 62.8 Å². The van der Waals surface area contributed by atoms with Crippen LogP contribution >= 0.6 is 0 Å². The lowest BCUT2D eigenvalue weighted by Crippen LogP contribution is -2.62. The number of hydrogen-bond acceptors (Lipinski definition) is 6. The van der Waals surface area contributed by atoms with Crippen LogP contribution in [0.25, 0.3) is 0 Å². The van der Waals surface area contributed by atoms with Crippen LogP contribution in [-0.2, 0) is 6.54 Å². The first-order valence-corrected chi connectivity index (χ1v) is 10.8. The number of benzene rings is 1. The Balaban J connectivity index is 1.73. The van der Waals surface area contributed by atoms with Gasteiger partial charge in [0.05, 0.1) is 12.6 Å². The minimum absolute atomic E-state index is 0.0802. The number of aliphatic hydroxyl groups excluding tert-OH is 1. The van der Waals surface area contributed by atoms with Crippen molar-refractivity contribution in [2.75, 3.05) is 18.1 Å². The largest absolute Gasteiger partial charge is 0.502 e. The summed E-state index contributed by atoms with van der Waals surface area (Å²) in [4.78, 5) is 40.0. The molecule has 2 aliphatic heterocycles. The Morgan fingerprint density at radius 2 is 1.85 bits per heavy atom. The van der Waals surface area contributed by atoms with Gasteiger partial charge in [-0.2, -0.15) is 0 Å². The van der Waals surface area contributed by atoms with Gasteiger partial charge in [-0.1, -0.05) is 0 Å². The number of aliphatic hydroxyl groups is 1. The zero-order valence-electron chi connectivity index (χ0n) is 18.2. The molecule has 1 fully saturated rings. The summed E-state index contributed by atoms with van der Waals surface area (Å²) in [5, 5.41) is 24.7. The molecule has 0 bridgehead atoms. The fourth-order valence-electron chi connectivity index (χ4n) is 4.45. The number of hydrogen-bond donors (Lipinski definition) is 3. The lowest BCUT2D eigenvalue weighted by Gasteiger charge is -2.46. The van der Waals surface area contributed by atoms with E-state index in [1.165, 1.54) is 9.58 Å². The Hall–Kier alpha value is -3.54. The van der Waals surface area contributed by atoms with Crippen molar-refractivity contribution in [2.45, 2.75) is 45.0 Å². The number of carbonyl (C=O) groups excluding carboxylic acids is 2. The van der Waals surface area contributed by atoms with E-state index in [2.05, 4.69) is 5.32 Å². The molecule has 0 radical (unpaired) electrons. The van der Waals surface area contributed by atoms with Crippen molar-refractivity contribution in [2.24, 2.45) is 0 Å². The maximum atomic E-state index is 13.9. The molecule has 0 unspecified atom stereocenters. The van der Waals surface area contributed by atoms with Gasteiger partial charge in [0.15, 0.2) is 11.4 Å². The van der Waals surface area contributed by atoms with Gasteiger partial charge in [0, 0.05) is 37.0 Å². The molecular weight excluding hydrogens is 457 g/mol. The summed E-state index contributed by atoms with van der Waals surface area (Å²) in [6.45, 7) is 1.43. The van der Waals surface area contributed by atoms with Crippen molar-refractivity contribution in [1.29, 1.82) is 0 Å². The summed E-state index contributed by atoms with van der Waals surface area (Å²) in [5.41, 5.74) is -2.66. The van der Waals surface area contributed by atoms with Gasteiger partial charge in [-0.3, -0.25) is 24.1 Å². The van der Waals surface area contributed by atoms with Gasteiger partial charge >= 0.3 is 0 Å². The highest BCUT2D eigenvalue weighted by atomic mass is 19.1. The maximum absolute atomic E-state index is 13.9. The molecule has 2 amide bonds.